The molecule has 4 rings (SSSR count). The molecule has 134 valence electrons. The first kappa shape index (κ1) is 16.7. The Bertz CT molecular complexity index is 740. The summed E-state index contributed by atoms with van der Waals surface area (Å²) in [5.41, 5.74) is 3.17. The van der Waals surface area contributed by atoms with Crippen molar-refractivity contribution >= 4 is 0 Å². The van der Waals surface area contributed by atoms with Crippen LogP contribution < -0.4 is 5.32 Å². The Morgan fingerprint density at radius 3 is 2.72 bits per heavy atom. The number of rotatable bonds is 3. The minimum Gasteiger partial charge on any atom is -0.381 e. The zero-order chi connectivity index (χ0) is 17.5. The maximum atomic E-state index is 5.65. The van der Waals surface area contributed by atoms with Gasteiger partial charge >= 0.3 is 0 Å². The van der Waals surface area contributed by atoms with Gasteiger partial charge in [-0.15, -0.1) is 0 Å². The molecular formula is C20H28N4O. The summed E-state index contributed by atoms with van der Waals surface area (Å²) in [6, 6.07) is 9.22. The van der Waals surface area contributed by atoms with Crippen molar-refractivity contribution < 1.29 is 4.74 Å². The molecule has 2 aliphatic rings. The van der Waals surface area contributed by atoms with Crippen molar-refractivity contribution in [2.45, 2.75) is 58.0 Å². The molecule has 2 aromatic rings. The number of fused-ring (bicyclic) bond motifs is 1. The lowest BCUT2D eigenvalue weighted by Gasteiger charge is -2.39. The van der Waals surface area contributed by atoms with E-state index in [0.29, 0.717) is 12.6 Å². The van der Waals surface area contributed by atoms with Crippen LogP contribution in [0.1, 0.15) is 62.4 Å². The van der Waals surface area contributed by atoms with Crippen LogP contribution in [0.3, 0.4) is 0 Å². The largest absolute Gasteiger partial charge is 0.381 e. The third kappa shape index (κ3) is 3.11. The van der Waals surface area contributed by atoms with Gasteiger partial charge in [-0.25, -0.2) is 4.98 Å². The zero-order valence-corrected chi connectivity index (χ0v) is 15.4. The molecule has 0 radical (unpaired) electrons. The SMILES string of the molecule is CC(C)(C)c1n[nH]c(CN[C@@H]2c3ccccc3CC23CCOCC3)n1. The van der Waals surface area contributed by atoms with Crippen LogP contribution in [0.25, 0.3) is 0 Å². The molecule has 1 saturated heterocycles. The summed E-state index contributed by atoms with van der Waals surface area (Å²) in [5.74, 6) is 1.79. The van der Waals surface area contributed by atoms with E-state index in [0.717, 1.165) is 44.1 Å². The molecule has 25 heavy (non-hydrogen) atoms. The van der Waals surface area contributed by atoms with E-state index in [1.165, 1.54) is 11.1 Å². The number of ether oxygens (including phenoxy) is 1. The van der Waals surface area contributed by atoms with Gasteiger partial charge in [-0.2, -0.15) is 5.10 Å². The molecule has 5 heteroatoms. The van der Waals surface area contributed by atoms with E-state index in [-0.39, 0.29) is 10.8 Å². The van der Waals surface area contributed by atoms with Gasteiger partial charge in [-0.1, -0.05) is 45.0 Å². The minimum absolute atomic E-state index is 0.0311. The molecule has 1 atom stereocenters. The van der Waals surface area contributed by atoms with Gasteiger partial charge in [-0.05, 0) is 35.8 Å². The predicted molar refractivity (Wildman–Crippen MR) is 97.3 cm³/mol. The summed E-state index contributed by atoms with van der Waals surface area (Å²) in [6.07, 6.45) is 3.37. The quantitative estimate of drug-likeness (QED) is 0.900. The average molecular weight is 340 g/mol. The fourth-order valence-corrected chi connectivity index (χ4v) is 4.27. The van der Waals surface area contributed by atoms with Crippen molar-refractivity contribution in [2.24, 2.45) is 5.41 Å². The molecule has 0 bridgehead atoms. The highest BCUT2D eigenvalue weighted by molar-refractivity contribution is 5.38. The Balaban J connectivity index is 1.55. The van der Waals surface area contributed by atoms with E-state index in [1.807, 2.05) is 0 Å². The zero-order valence-electron chi connectivity index (χ0n) is 15.4. The Kier molecular flexibility index (Phi) is 4.16. The van der Waals surface area contributed by atoms with Gasteiger partial charge in [0.2, 0.25) is 0 Å². The Hall–Kier alpha value is -1.72. The molecule has 1 aromatic heterocycles. The van der Waals surface area contributed by atoms with Crippen LogP contribution in [-0.4, -0.2) is 28.4 Å². The normalized spacial score (nSPS) is 22.3. The van der Waals surface area contributed by atoms with E-state index in [9.17, 15) is 0 Å². The number of hydrogen-bond donors (Lipinski definition) is 2. The van der Waals surface area contributed by atoms with Crippen molar-refractivity contribution in [1.82, 2.24) is 20.5 Å². The van der Waals surface area contributed by atoms with Crippen molar-refractivity contribution in [3.05, 3.63) is 47.0 Å². The van der Waals surface area contributed by atoms with Crippen molar-refractivity contribution in [2.75, 3.05) is 13.2 Å². The molecule has 5 nitrogen and oxygen atoms in total. The standard InChI is InChI=1S/C20H28N4O/c1-19(2,3)18-22-16(23-24-18)13-21-17-15-7-5-4-6-14(15)12-20(17)8-10-25-11-9-20/h4-7,17,21H,8-13H2,1-3H3,(H,22,23,24)/t17-/m1/s1. The van der Waals surface area contributed by atoms with E-state index < -0.39 is 0 Å². The molecule has 2 heterocycles. The maximum absolute atomic E-state index is 5.65. The number of H-pyrrole nitrogens is 1. The van der Waals surface area contributed by atoms with Gasteiger partial charge in [0.15, 0.2) is 5.82 Å². The average Bonchev–Trinajstić information content (AvgIpc) is 3.16. The molecule has 0 saturated carbocycles. The van der Waals surface area contributed by atoms with Gasteiger partial charge in [0.1, 0.15) is 5.82 Å². The maximum Gasteiger partial charge on any atom is 0.156 e. The van der Waals surface area contributed by atoms with Crippen molar-refractivity contribution in [1.29, 1.82) is 0 Å². The molecule has 2 N–H and O–H groups in total. The van der Waals surface area contributed by atoms with Crippen molar-refractivity contribution in [3.8, 4) is 0 Å². The smallest absolute Gasteiger partial charge is 0.156 e. The number of aromatic amines is 1. The van der Waals surface area contributed by atoms with Crippen LogP contribution in [0.2, 0.25) is 0 Å². The highest BCUT2D eigenvalue weighted by atomic mass is 16.5. The van der Waals surface area contributed by atoms with E-state index >= 15 is 0 Å². The first-order valence-corrected chi connectivity index (χ1v) is 9.29. The third-order valence-electron chi connectivity index (χ3n) is 5.69. The fourth-order valence-electron chi connectivity index (χ4n) is 4.27. The first-order chi connectivity index (χ1) is 12.0. The number of nitrogens with one attached hydrogen (secondary N) is 2. The minimum atomic E-state index is -0.0311. The molecule has 1 aliphatic heterocycles. The predicted octanol–water partition coefficient (Wildman–Crippen LogP) is 3.29. The molecule has 0 amide bonds. The summed E-state index contributed by atoms with van der Waals surface area (Å²) in [5, 5.41) is 11.3. The number of nitrogens with zero attached hydrogens (tertiary/aromatic N) is 2. The topological polar surface area (TPSA) is 62.8 Å². The lowest BCUT2D eigenvalue weighted by molar-refractivity contribution is -0.000335. The van der Waals surface area contributed by atoms with E-state index in [1.54, 1.807) is 0 Å². The Labute approximate surface area is 149 Å². The highest BCUT2D eigenvalue weighted by Crippen LogP contribution is 2.51. The number of benzene rings is 1. The van der Waals surface area contributed by atoms with Crippen LogP contribution in [0, 0.1) is 5.41 Å². The van der Waals surface area contributed by atoms with Gasteiger partial charge in [-0.3, -0.25) is 5.10 Å². The Morgan fingerprint density at radius 2 is 2.00 bits per heavy atom. The molecule has 1 aromatic carbocycles. The molecule has 0 unspecified atom stereocenters. The number of aromatic nitrogens is 3. The molecule has 1 fully saturated rings. The lowest BCUT2D eigenvalue weighted by Crippen LogP contribution is -2.40. The monoisotopic (exact) mass is 340 g/mol. The van der Waals surface area contributed by atoms with E-state index in [2.05, 4.69) is 65.5 Å². The van der Waals surface area contributed by atoms with Crippen LogP contribution in [-0.2, 0) is 23.1 Å². The molecular weight excluding hydrogens is 312 g/mol. The highest BCUT2D eigenvalue weighted by Gasteiger charge is 2.46. The lowest BCUT2D eigenvalue weighted by atomic mass is 9.74. The summed E-state index contributed by atoms with van der Waals surface area (Å²) in [6.45, 7) is 8.85. The van der Waals surface area contributed by atoms with Gasteiger partial charge in [0, 0.05) is 24.7 Å². The summed E-state index contributed by atoms with van der Waals surface area (Å²) >= 11 is 0. The van der Waals surface area contributed by atoms with Crippen LogP contribution in [0.15, 0.2) is 24.3 Å². The summed E-state index contributed by atoms with van der Waals surface area (Å²) in [7, 11) is 0. The van der Waals surface area contributed by atoms with Crippen molar-refractivity contribution in [3.63, 3.8) is 0 Å². The van der Waals surface area contributed by atoms with Crippen LogP contribution in [0.4, 0.5) is 0 Å². The Morgan fingerprint density at radius 1 is 1.24 bits per heavy atom. The van der Waals surface area contributed by atoms with Gasteiger partial charge in [0.05, 0.1) is 6.54 Å². The van der Waals surface area contributed by atoms with E-state index in [4.69, 9.17) is 4.74 Å². The second kappa shape index (κ2) is 6.22. The van der Waals surface area contributed by atoms with Gasteiger partial charge < -0.3 is 10.1 Å². The number of hydrogen-bond acceptors (Lipinski definition) is 4. The summed E-state index contributed by atoms with van der Waals surface area (Å²) < 4.78 is 5.65. The third-order valence-corrected chi connectivity index (χ3v) is 5.69. The van der Waals surface area contributed by atoms with Crippen LogP contribution in [0.5, 0.6) is 0 Å². The second-order valence-electron chi connectivity index (χ2n) is 8.52. The molecule has 1 aliphatic carbocycles. The molecule has 1 spiro atoms. The van der Waals surface area contributed by atoms with Crippen LogP contribution >= 0.6 is 0 Å². The summed E-state index contributed by atoms with van der Waals surface area (Å²) in [4.78, 5) is 4.68. The fraction of sp³-hybridized carbons (Fsp3) is 0.600. The van der Waals surface area contributed by atoms with Gasteiger partial charge in [0.25, 0.3) is 0 Å². The second-order valence-corrected chi connectivity index (χ2v) is 8.52. The first-order valence-electron chi connectivity index (χ1n) is 9.29.